The van der Waals surface area contributed by atoms with Gasteiger partial charge < -0.3 is 0 Å². The molecule has 0 aliphatic heterocycles. The lowest BCUT2D eigenvalue weighted by Gasteiger charge is -2.12. The number of hydrogen-bond donors (Lipinski definition) is 1. The minimum Gasteiger partial charge on any atom is -0.282 e. The van der Waals surface area contributed by atoms with E-state index in [1.807, 2.05) is 0 Å². The molecular weight excluding hydrogens is 525 g/mol. The summed E-state index contributed by atoms with van der Waals surface area (Å²) in [4.78, 5) is -1.47. The zero-order valence-electron chi connectivity index (χ0n) is 14.3. The van der Waals surface area contributed by atoms with Crippen LogP contribution in [0.2, 0.25) is 0 Å². The molecule has 0 aliphatic carbocycles. The fraction of sp³-hybridized carbons (Fsp3) is 0.294. The lowest BCUT2D eigenvalue weighted by atomic mass is 10.1. The molecule has 0 unspecified atom stereocenters. The van der Waals surface area contributed by atoms with E-state index in [0.717, 1.165) is 0 Å². The molecule has 28 heavy (non-hydrogen) atoms. The highest BCUT2D eigenvalue weighted by Gasteiger charge is 2.38. The van der Waals surface area contributed by atoms with E-state index in [2.05, 4.69) is 53.8 Å². The third-order valence-corrected chi connectivity index (χ3v) is 4.86. The maximum absolute atomic E-state index is 12.3. The second-order valence-corrected chi connectivity index (χ2v) is 8.26. The van der Waals surface area contributed by atoms with Crippen LogP contribution in [0.15, 0.2) is 47.4 Å². The molecule has 0 aromatic heterocycles. The van der Waals surface area contributed by atoms with Crippen LogP contribution in [-0.4, -0.2) is 13.0 Å². The summed E-state index contributed by atoms with van der Waals surface area (Å²) in [6.45, 7) is 2.21. The second kappa shape index (κ2) is 9.44. The average molecular weight is 540 g/mol. The average Bonchev–Trinajstić information content (AvgIpc) is 2.55. The van der Waals surface area contributed by atoms with Gasteiger partial charge in [0.05, 0.1) is 16.0 Å². The third-order valence-electron chi connectivity index (χ3n) is 3.31. The molecule has 11 heteroatoms. The van der Waals surface area contributed by atoms with Crippen LogP contribution in [0.4, 0.5) is 26.3 Å². The summed E-state index contributed by atoms with van der Waals surface area (Å²) in [6.07, 6.45) is -7.89. The Bertz CT molecular complexity index is 858. The van der Waals surface area contributed by atoms with Gasteiger partial charge in [-0.15, -0.1) is 0 Å². The molecule has 0 heterocycles. The molecule has 0 atom stereocenters. The van der Waals surface area contributed by atoms with E-state index in [9.17, 15) is 34.8 Å². The first-order valence-corrected chi connectivity index (χ1v) is 10.2. The molecule has 0 fully saturated rings. The monoisotopic (exact) mass is 540 g/mol. The number of hydrogen-bond acceptors (Lipinski definition) is 2. The van der Waals surface area contributed by atoms with Crippen LogP contribution in [0, 0.1) is 3.57 Å². The van der Waals surface area contributed by atoms with Gasteiger partial charge in [-0.2, -0.15) is 34.8 Å². The van der Waals surface area contributed by atoms with Crippen molar-refractivity contribution in [2.45, 2.75) is 37.0 Å². The Hall–Kier alpha value is -1.34. The summed E-state index contributed by atoms with van der Waals surface area (Å²) in [5, 5.41) is 0. The fourth-order valence-corrected chi connectivity index (χ4v) is 2.93. The highest BCUT2D eigenvalue weighted by atomic mass is 127. The van der Waals surface area contributed by atoms with Gasteiger partial charge >= 0.3 is 12.4 Å². The quantitative estimate of drug-likeness (QED) is 0.286. The molecule has 2 rings (SSSR count). The van der Waals surface area contributed by atoms with E-state index < -0.39 is 38.5 Å². The van der Waals surface area contributed by atoms with Crippen molar-refractivity contribution in [2.24, 2.45) is 0 Å². The van der Waals surface area contributed by atoms with E-state index in [1.165, 1.54) is 22.0 Å². The smallest absolute Gasteiger partial charge is 0.282 e. The Labute approximate surface area is 171 Å². The van der Waals surface area contributed by atoms with Gasteiger partial charge in [-0.25, -0.2) is 0 Å². The van der Waals surface area contributed by atoms with E-state index in [-0.39, 0.29) is 18.2 Å². The van der Waals surface area contributed by atoms with Crippen molar-refractivity contribution in [1.29, 1.82) is 0 Å². The van der Waals surface area contributed by atoms with Crippen molar-refractivity contribution in [3.63, 3.8) is 0 Å². The molecule has 3 nitrogen and oxygen atoms in total. The van der Waals surface area contributed by atoms with Gasteiger partial charge in [-0.3, -0.25) is 4.55 Å². The van der Waals surface area contributed by atoms with Crippen LogP contribution in [0.25, 0.3) is 0 Å². The Balaban J connectivity index is 0.000000330. The molecule has 0 spiro atoms. The van der Waals surface area contributed by atoms with Crippen LogP contribution >= 0.6 is 22.6 Å². The van der Waals surface area contributed by atoms with E-state index in [0.29, 0.717) is 0 Å². The van der Waals surface area contributed by atoms with Crippen LogP contribution in [0.3, 0.4) is 0 Å². The lowest BCUT2D eigenvalue weighted by Crippen LogP contribution is -2.13. The van der Waals surface area contributed by atoms with Gasteiger partial charge in [0.2, 0.25) is 0 Å². The molecule has 1 N–H and O–H groups in total. The summed E-state index contributed by atoms with van der Waals surface area (Å²) in [5.74, 6) is 0. The topological polar surface area (TPSA) is 54.4 Å². The van der Waals surface area contributed by atoms with Crippen molar-refractivity contribution >= 4 is 32.7 Å². The predicted octanol–water partition coefficient (Wildman–Crippen LogP) is 6.21. The highest BCUT2D eigenvalue weighted by Crippen LogP contribution is 2.37. The zero-order chi connectivity index (χ0) is 21.8. The van der Waals surface area contributed by atoms with Gasteiger partial charge in [0, 0.05) is 3.57 Å². The SMILES string of the molecule is CCCc1ccc(I)cc1.O=S(=O)(O)c1cc(C(F)(F)F)cc(C(F)(F)F)c1. The zero-order valence-corrected chi connectivity index (χ0v) is 17.2. The van der Waals surface area contributed by atoms with Gasteiger partial charge in [0.1, 0.15) is 0 Å². The van der Waals surface area contributed by atoms with Gasteiger partial charge in [-0.1, -0.05) is 25.5 Å². The molecule has 0 amide bonds. The molecule has 0 saturated carbocycles. The molecule has 156 valence electrons. The first-order chi connectivity index (χ1) is 12.6. The lowest BCUT2D eigenvalue weighted by molar-refractivity contribution is -0.143. The third kappa shape index (κ3) is 7.95. The summed E-state index contributed by atoms with van der Waals surface area (Å²) < 4.78 is 105. The number of rotatable bonds is 3. The van der Waals surface area contributed by atoms with Crippen molar-refractivity contribution < 1.29 is 39.3 Å². The minimum atomic E-state index is -5.17. The first-order valence-electron chi connectivity index (χ1n) is 7.66. The van der Waals surface area contributed by atoms with Gasteiger partial charge in [-0.05, 0) is 64.9 Å². The fourth-order valence-electron chi connectivity index (χ4n) is 2.02. The molecule has 2 aromatic rings. The second-order valence-electron chi connectivity index (χ2n) is 5.59. The molecule has 0 saturated heterocycles. The largest absolute Gasteiger partial charge is 0.416 e. The van der Waals surface area contributed by atoms with Gasteiger partial charge in [0.25, 0.3) is 10.1 Å². The summed E-state index contributed by atoms with van der Waals surface area (Å²) in [6, 6.07) is 8.32. The molecule has 0 bridgehead atoms. The minimum absolute atomic E-state index is 0.0788. The summed E-state index contributed by atoms with van der Waals surface area (Å²) in [5.41, 5.74) is -2.18. The van der Waals surface area contributed by atoms with Crippen LogP contribution in [-0.2, 0) is 28.9 Å². The maximum Gasteiger partial charge on any atom is 0.416 e. The van der Waals surface area contributed by atoms with E-state index in [1.54, 1.807) is 0 Å². The number of alkyl halides is 6. The molecular formula is C17H15F6IO3S. The van der Waals surface area contributed by atoms with E-state index in [4.69, 9.17) is 4.55 Å². The van der Waals surface area contributed by atoms with E-state index >= 15 is 0 Å². The maximum atomic E-state index is 12.3. The number of halogens is 7. The van der Waals surface area contributed by atoms with Crippen LogP contribution < -0.4 is 0 Å². The van der Waals surface area contributed by atoms with Crippen LogP contribution in [0.1, 0.15) is 30.0 Å². The number of benzene rings is 2. The summed E-state index contributed by atoms with van der Waals surface area (Å²) in [7, 11) is -5.17. The van der Waals surface area contributed by atoms with Crippen molar-refractivity contribution in [1.82, 2.24) is 0 Å². The van der Waals surface area contributed by atoms with Gasteiger partial charge in [0.15, 0.2) is 0 Å². The number of aryl methyl sites for hydroxylation is 1. The highest BCUT2D eigenvalue weighted by molar-refractivity contribution is 14.1. The Morgan fingerprint density at radius 1 is 0.893 bits per heavy atom. The van der Waals surface area contributed by atoms with Crippen molar-refractivity contribution in [2.75, 3.05) is 0 Å². The molecule has 0 radical (unpaired) electrons. The Morgan fingerprint density at radius 2 is 1.32 bits per heavy atom. The van der Waals surface area contributed by atoms with Crippen LogP contribution in [0.5, 0.6) is 0 Å². The molecule has 2 aromatic carbocycles. The van der Waals surface area contributed by atoms with Crippen molar-refractivity contribution in [3.05, 3.63) is 62.7 Å². The standard InChI is InChI=1S/C9H11I.C8H4F6O3S/c1-2-3-8-4-6-9(10)7-5-8;9-7(10,11)4-1-5(8(12,13)14)3-6(2-4)18(15,16)17/h4-7H,2-3H2,1H3;1-3H,(H,15,16,17). The molecule has 0 aliphatic rings. The normalized spacial score (nSPS) is 12.3. The Kier molecular flexibility index (Phi) is 8.33. The Morgan fingerprint density at radius 3 is 1.64 bits per heavy atom. The summed E-state index contributed by atoms with van der Waals surface area (Å²) >= 11 is 2.32. The van der Waals surface area contributed by atoms with Crippen molar-refractivity contribution in [3.8, 4) is 0 Å². The first kappa shape index (κ1) is 24.7. The predicted molar refractivity (Wildman–Crippen MR) is 99.4 cm³/mol.